The molecule has 3 aromatic rings. The van der Waals surface area contributed by atoms with E-state index in [-0.39, 0.29) is 18.2 Å². The third-order valence-electron chi connectivity index (χ3n) is 4.91. The van der Waals surface area contributed by atoms with Gasteiger partial charge >= 0.3 is 0 Å². The van der Waals surface area contributed by atoms with Crippen LogP contribution in [0.1, 0.15) is 23.5 Å². The lowest BCUT2D eigenvalue weighted by molar-refractivity contribution is 0.407. The van der Waals surface area contributed by atoms with Crippen LogP contribution in [0, 0.1) is 11.7 Å². The van der Waals surface area contributed by atoms with Crippen molar-refractivity contribution in [3.05, 3.63) is 65.6 Å². The van der Waals surface area contributed by atoms with E-state index in [4.69, 9.17) is 4.74 Å². The van der Waals surface area contributed by atoms with Crippen LogP contribution in [0.3, 0.4) is 0 Å². The van der Waals surface area contributed by atoms with Crippen LogP contribution in [-0.2, 0) is 6.54 Å². The van der Waals surface area contributed by atoms with E-state index >= 15 is 0 Å². The first-order valence-electron chi connectivity index (χ1n) is 8.35. The van der Waals surface area contributed by atoms with E-state index in [1.807, 2.05) is 6.20 Å². The Labute approximate surface area is 153 Å². The van der Waals surface area contributed by atoms with Crippen LogP contribution in [0.2, 0.25) is 0 Å². The predicted octanol–water partition coefficient (Wildman–Crippen LogP) is 4.63. The fourth-order valence-electron chi connectivity index (χ4n) is 3.54. The second-order valence-corrected chi connectivity index (χ2v) is 6.48. The molecule has 3 nitrogen and oxygen atoms in total. The predicted molar refractivity (Wildman–Crippen MR) is 101 cm³/mol. The minimum absolute atomic E-state index is 0. The lowest BCUT2D eigenvalue weighted by atomic mass is 10.1. The van der Waals surface area contributed by atoms with Crippen molar-refractivity contribution in [3.63, 3.8) is 0 Å². The fraction of sp³-hybridized carbons (Fsp3) is 0.300. The molecule has 1 aromatic heterocycles. The number of H-pyrrole nitrogens is 1. The Bertz CT molecular complexity index is 864. The number of nitrogens with one attached hydrogen (secondary N) is 2. The third kappa shape index (κ3) is 3.65. The number of aromatic nitrogens is 1. The van der Waals surface area contributed by atoms with Crippen molar-refractivity contribution in [2.24, 2.45) is 5.92 Å². The van der Waals surface area contributed by atoms with Crippen molar-refractivity contribution >= 4 is 23.3 Å². The summed E-state index contributed by atoms with van der Waals surface area (Å²) >= 11 is 0. The van der Waals surface area contributed by atoms with Gasteiger partial charge in [0, 0.05) is 23.8 Å². The summed E-state index contributed by atoms with van der Waals surface area (Å²) < 4.78 is 18.9. The van der Waals surface area contributed by atoms with Crippen molar-refractivity contribution in [2.75, 3.05) is 13.7 Å². The number of fused-ring (bicyclic) bond motifs is 1. The van der Waals surface area contributed by atoms with E-state index in [0.717, 1.165) is 30.8 Å². The number of aromatic amines is 1. The van der Waals surface area contributed by atoms with Crippen LogP contribution in [0.15, 0.2) is 48.7 Å². The summed E-state index contributed by atoms with van der Waals surface area (Å²) in [4.78, 5) is 3.30. The van der Waals surface area contributed by atoms with Crippen molar-refractivity contribution < 1.29 is 9.13 Å². The molecule has 0 bridgehead atoms. The normalized spacial score (nSPS) is 18.8. The SMILES string of the molecule is COc1ccc(F)cc1C1CC1CNCc1cccc2cc[nH]c12.Cl. The number of benzene rings is 2. The van der Waals surface area contributed by atoms with Crippen molar-refractivity contribution in [1.29, 1.82) is 0 Å². The number of ether oxygens (including phenoxy) is 1. The molecule has 25 heavy (non-hydrogen) atoms. The average Bonchev–Trinajstić information content (AvgIpc) is 3.19. The first-order valence-corrected chi connectivity index (χ1v) is 8.35. The lowest BCUT2D eigenvalue weighted by Crippen LogP contribution is -2.17. The van der Waals surface area contributed by atoms with Gasteiger partial charge in [0.2, 0.25) is 0 Å². The molecule has 132 valence electrons. The molecular formula is C20H22ClFN2O. The van der Waals surface area contributed by atoms with Crippen molar-refractivity contribution in [3.8, 4) is 5.75 Å². The van der Waals surface area contributed by atoms with Crippen molar-refractivity contribution in [1.82, 2.24) is 10.3 Å². The number of hydrogen-bond acceptors (Lipinski definition) is 2. The van der Waals surface area contributed by atoms with E-state index in [9.17, 15) is 4.39 Å². The first kappa shape index (κ1) is 17.8. The molecule has 0 radical (unpaired) electrons. The molecule has 1 aliphatic rings. The highest BCUT2D eigenvalue weighted by molar-refractivity contribution is 5.85. The molecule has 0 spiro atoms. The Morgan fingerprint density at radius 2 is 2.12 bits per heavy atom. The summed E-state index contributed by atoms with van der Waals surface area (Å²) in [6, 6.07) is 13.2. The number of hydrogen-bond donors (Lipinski definition) is 2. The molecule has 1 fully saturated rings. The minimum atomic E-state index is -0.192. The fourth-order valence-corrected chi connectivity index (χ4v) is 3.54. The number of para-hydroxylation sites is 1. The molecule has 0 saturated heterocycles. The highest BCUT2D eigenvalue weighted by Gasteiger charge is 2.39. The van der Waals surface area contributed by atoms with Gasteiger partial charge in [-0.2, -0.15) is 0 Å². The van der Waals surface area contributed by atoms with Crippen LogP contribution in [0.5, 0.6) is 5.75 Å². The molecule has 1 aliphatic carbocycles. The molecule has 0 amide bonds. The Morgan fingerprint density at radius 3 is 2.96 bits per heavy atom. The minimum Gasteiger partial charge on any atom is -0.496 e. The van der Waals surface area contributed by atoms with Gasteiger partial charge < -0.3 is 15.0 Å². The van der Waals surface area contributed by atoms with Gasteiger partial charge in [-0.25, -0.2) is 4.39 Å². The van der Waals surface area contributed by atoms with E-state index in [1.165, 1.54) is 22.5 Å². The number of halogens is 2. The number of methoxy groups -OCH3 is 1. The van der Waals surface area contributed by atoms with Gasteiger partial charge in [-0.15, -0.1) is 12.4 Å². The third-order valence-corrected chi connectivity index (χ3v) is 4.91. The van der Waals surface area contributed by atoms with Crippen LogP contribution in [0.25, 0.3) is 10.9 Å². The van der Waals surface area contributed by atoms with E-state index < -0.39 is 0 Å². The monoisotopic (exact) mass is 360 g/mol. The second kappa shape index (κ2) is 7.46. The molecular weight excluding hydrogens is 339 g/mol. The molecule has 2 aromatic carbocycles. The first-order chi connectivity index (χ1) is 11.8. The highest BCUT2D eigenvalue weighted by Crippen LogP contribution is 2.50. The Hall–Kier alpha value is -2.04. The molecule has 0 aliphatic heterocycles. The van der Waals surface area contributed by atoms with Crippen molar-refractivity contribution in [2.45, 2.75) is 18.9 Å². The topological polar surface area (TPSA) is 37.0 Å². The van der Waals surface area contributed by atoms with Gasteiger partial charge in [-0.3, -0.25) is 0 Å². The summed E-state index contributed by atoms with van der Waals surface area (Å²) in [5, 5.41) is 4.78. The molecule has 2 atom stereocenters. The van der Waals surface area contributed by atoms with Crippen LogP contribution in [0.4, 0.5) is 4.39 Å². The summed E-state index contributed by atoms with van der Waals surface area (Å²) in [6.07, 6.45) is 3.06. The van der Waals surface area contributed by atoms with Gasteiger partial charge in [0.25, 0.3) is 0 Å². The molecule has 1 saturated carbocycles. The maximum Gasteiger partial charge on any atom is 0.123 e. The van der Waals surface area contributed by atoms with Gasteiger partial charge in [-0.05, 0) is 60.0 Å². The van der Waals surface area contributed by atoms with Crippen LogP contribution >= 0.6 is 12.4 Å². The average molecular weight is 361 g/mol. The Kier molecular flexibility index (Phi) is 5.30. The van der Waals surface area contributed by atoms with E-state index in [1.54, 1.807) is 19.2 Å². The smallest absolute Gasteiger partial charge is 0.123 e. The summed E-state index contributed by atoms with van der Waals surface area (Å²) in [6.45, 7) is 1.77. The zero-order valence-electron chi connectivity index (χ0n) is 14.1. The van der Waals surface area contributed by atoms with Gasteiger partial charge in [0.05, 0.1) is 7.11 Å². The zero-order valence-corrected chi connectivity index (χ0v) is 14.9. The summed E-state index contributed by atoms with van der Waals surface area (Å²) in [7, 11) is 1.64. The van der Waals surface area contributed by atoms with Crippen LogP contribution < -0.4 is 10.1 Å². The quantitative estimate of drug-likeness (QED) is 0.672. The Balaban J connectivity index is 0.00000182. The lowest BCUT2D eigenvalue weighted by Gasteiger charge is -2.09. The maximum absolute atomic E-state index is 13.5. The molecule has 2 N–H and O–H groups in total. The standard InChI is InChI=1S/C20H21FN2O.ClH/c1-24-19-6-5-16(21)10-18(19)17-9-15(17)12-22-11-14-4-2-3-13-7-8-23-20(13)14;/h2-8,10,15,17,22-23H,9,11-12H2,1H3;1H. The second-order valence-electron chi connectivity index (χ2n) is 6.48. The molecule has 1 heterocycles. The van der Waals surface area contributed by atoms with Gasteiger partial charge in [-0.1, -0.05) is 18.2 Å². The molecule has 2 unspecified atom stereocenters. The molecule has 5 heteroatoms. The van der Waals surface area contributed by atoms with Gasteiger partial charge in [0.1, 0.15) is 11.6 Å². The summed E-state index contributed by atoms with van der Waals surface area (Å²) in [5.74, 6) is 1.54. The number of rotatable bonds is 6. The largest absolute Gasteiger partial charge is 0.496 e. The highest BCUT2D eigenvalue weighted by atomic mass is 35.5. The maximum atomic E-state index is 13.5. The summed E-state index contributed by atoms with van der Waals surface area (Å²) in [5.41, 5.74) is 3.47. The van der Waals surface area contributed by atoms with E-state index in [0.29, 0.717) is 11.8 Å². The van der Waals surface area contributed by atoms with Gasteiger partial charge in [0.15, 0.2) is 0 Å². The Morgan fingerprint density at radius 1 is 1.24 bits per heavy atom. The molecule has 4 rings (SSSR count). The zero-order chi connectivity index (χ0) is 16.5. The van der Waals surface area contributed by atoms with E-state index in [2.05, 4.69) is 34.6 Å². The van der Waals surface area contributed by atoms with Crippen LogP contribution in [-0.4, -0.2) is 18.6 Å².